The molecule has 34 heavy (non-hydrogen) atoms. The Morgan fingerprint density at radius 3 is 2.44 bits per heavy atom. The monoisotopic (exact) mass is 446 g/mol. The van der Waals surface area contributed by atoms with Crippen molar-refractivity contribution >= 4 is 33.9 Å². The van der Waals surface area contributed by atoms with Crippen LogP contribution >= 0.6 is 0 Å². The number of carbonyl (C=O) groups is 1. The van der Waals surface area contributed by atoms with E-state index in [0.29, 0.717) is 22.7 Å². The lowest BCUT2D eigenvalue weighted by Gasteiger charge is -2.11. The van der Waals surface area contributed by atoms with E-state index in [-0.39, 0.29) is 5.91 Å². The number of carbonyl (C=O) groups excluding carboxylic acids is 1. The number of fused-ring (bicyclic) bond motifs is 1. The third kappa shape index (κ3) is 4.86. The lowest BCUT2D eigenvalue weighted by atomic mass is 10.1. The van der Waals surface area contributed by atoms with Gasteiger partial charge in [0.15, 0.2) is 0 Å². The van der Waals surface area contributed by atoms with Crippen LogP contribution in [0.5, 0.6) is 11.5 Å². The molecule has 2 heterocycles. The van der Waals surface area contributed by atoms with Gasteiger partial charge < -0.3 is 15.4 Å². The van der Waals surface area contributed by atoms with Crippen LogP contribution in [0.3, 0.4) is 0 Å². The highest BCUT2D eigenvalue weighted by Crippen LogP contribution is 2.27. The van der Waals surface area contributed by atoms with Crippen molar-refractivity contribution < 1.29 is 9.53 Å². The predicted octanol–water partition coefficient (Wildman–Crippen LogP) is 6.73. The van der Waals surface area contributed by atoms with E-state index >= 15 is 0 Å². The fraction of sp³-hybridized carbons (Fsp3) is 0.0357. The number of aryl methyl sites for hydroxylation is 1. The minimum absolute atomic E-state index is 0.197. The van der Waals surface area contributed by atoms with Gasteiger partial charge in [-0.3, -0.25) is 14.8 Å². The number of nitrogens with zero attached hydrogens (tertiary/aromatic N) is 2. The number of rotatable bonds is 6. The molecular weight excluding hydrogens is 424 g/mol. The molecule has 3 aromatic carbocycles. The largest absolute Gasteiger partial charge is 0.457 e. The smallest absolute Gasteiger partial charge is 0.255 e. The van der Waals surface area contributed by atoms with E-state index in [0.717, 1.165) is 22.3 Å². The maximum Gasteiger partial charge on any atom is 0.255 e. The summed E-state index contributed by atoms with van der Waals surface area (Å²) in [5, 5.41) is 7.39. The van der Waals surface area contributed by atoms with E-state index in [1.165, 1.54) is 5.56 Å². The van der Waals surface area contributed by atoms with E-state index in [1.54, 1.807) is 48.9 Å². The summed E-state index contributed by atoms with van der Waals surface area (Å²) in [6.45, 7) is 2.05. The number of hydrogen-bond acceptors (Lipinski definition) is 5. The Labute approximate surface area is 197 Å². The number of aromatic nitrogens is 2. The number of anilines is 3. The van der Waals surface area contributed by atoms with Gasteiger partial charge in [-0.1, -0.05) is 18.2 Å². The maximum atomic E-state index is 12.8. The molecule has 0 saturated heterocycles. The van der Waals surface area contributed by atoms with Crippen LogP contribution in [-0.4, -0.2) is 15.9 Å². The fourth-order valence-electron chi connectivity index (χ4n) is 3.61. The third-order valence-electron chi connectivity index (χ3n) is 5.30. The molecule has 0 unspecified atom stereocenters. The van der Waals surface area contributed by atoms with Crippen LogP contribution < -0.4 is 15.4 Å². The highest BCUT2D eigenvalue weighted by Gasteiger charge is 2.08. The molecule has 0 atom stereocenters. The molecule has 0 aliphatic carbocycles. The van der Waals surface area contributed by atoms with Crippen LogP contribution in [0.4, 0.5) is 17.1 Å². The SMILES string of the molecule is Cc1ccc2c(Nc3ccc(C(=O)Nc4cccc(Oc5ccncc5)c4)cc3)ccnc2c1. The van der Waals surface area contributed by atoms with Crippen molar-refractivity contribution in [3.63, 3.8) is 0 Å². The summed E-state index contributed by atoms with van der Waals surface area (Å²) < 4.78 is 5.81. The minimum Gasteiger partial charge on any atom is -0.457 e. The Balaban J connectivity index is 1.27. The fourth-order valence-corrected chi connectivity index (χ4v) is 3.61. The summed E-state index contributed by atoms with van der Waals surface area (Å²) >= 11 is 0. The van der Waals surface area contributed by atoms with Crippen molar-refractivity contribution in [2.45, 2.75) is 6.92 Å². The molecule has 2 aromatic heterocycles. The zero-order chi connectivity index (χ0) is 23.3. The van der Waals surface area contributed by atoms with E-state index in [9.17, 15) is 4.79 Å². The summed E-state index contributed by atoms with van der Waals surface area (Å²) in [5.41, 5.74) is 5.17. The zero-order valence-electron chi connectivity index (χ0n) is 18.5. The van der Waals surface area contributed by atoms with E-state index in [2.05, 4.69) is 45.7 Å². The molecule has 1 amide bonds. The first-order valence-electron chi connectivity index (χ1n) is 10.9. The number of amides is 1. The van der Waals surface area contributed by atoms with Crippen LogP contribution in [0.25, 0.3) is 10.9 Å². The molecule has 0 saturated carbocycles. The average molecular weight is 447 g/mol. The Kier molecular flexibility index (Phi) is 5.86. The summed E-state index contributed by atoms with van der Waals surface area (Å²) in [4.78, 5) is 21.2. The highest BCUT2D eigenvalue weighted by atomic mass is 16.5. The second-order valence-corrected chi connectivity index (χ2v) is 7.85. The lowest BCUT2D eigenvalue weighted by molar-refractivity contribution is 0.102. The average Bonchev–Trinajstić information content (AvgIpc) is 2.85. The van der Waals surface area contributed by atoms with Crippen molar-refractivity contribution in [2.24, 2.45) is 0 Å². The Hall–Kier alpha value is -4.71. The lowest BCUT2D eigenvalue weighted by Crippen LogP contribution is -2.11. The summed E-state index contributed by atoms with van der Waals surface area (Å²) in [5.74, 6) is 1.11. The normalized spacial score (nSPS) is 10.6. The van der Waals surface area contributed by atoms with Gasteiger partial charge in [-0.15, -0.1) is 0 Å². The van der Waals surface area contributed by atoms with Crippen LogP contribution in [0, 0.1) is 6.92 Å². The molecule has 0 fully saturated rings. The summed E-state index contributed by atoms with van der Waals surface area (Å²) in [6.07, 6.45) is 5.12. The number of benzene rings is 3. The topological polar surface area (TPSA) is 76.1 Å². The van der Waals surface area contributed by atoms with Gasteiger partial charge in [-0.05, 0) is 73.2 Å². The number of pyridine rings is 2. The standard InChI is InChI=1S/C28H22N4O2/c1-19-5-10-25-26(13-16-30-27(25)17-19)31-21-8-6-20(7-9-21)28(33)32-22-3-2-4-24(18-22)34-23-11-14-29-15-12-23/h2-18H,1H3,(H,30,31)(H,32,33). The van der Waals surface area contributed by atoms with Gasteiger partial charge in [0.1, 0.15) is 11.5 Å². The second kappa shape index (κ2) is 9.42. The zero-order valence-corrected chi connectivity index (χ0v) is 18.5. The Morgan fingerprint density at radius 2 is 1.62 bits per heavy atom. The van der Waals surface area contributed by atoms with Gasteiger partial charge >= 0.3 is 0 Å². The van der Waals surface area contributed by atoms with Crippen molar-refractivity contribution in [3.05, 3.63) is 115 Å². The van der Waals surface area contributed by atoms with E-state index < -0.39 is 0 Å². The Bertz CT molecular complexity index is 1450. The second-order valence-electron chi connectivity index (χ2n) is 7.85. The molecule has 6 nitrogen and oxygen atoms in total. The third-order valence-corrected chi connectivity index (χ3v) is 5.30. The number of ether oxygens (including phenoxy) is 1. The van der Waals surface area contributed by atoms with Crippen LogP contribution in [0.15, 0.2) is 104 Å². The molecule has 166 valence electrons. The molecule has 0 aliphatic rings. The molecule has 0 spiro atoms. The summed E-state index contributed by atoms with van der Waals surface area (Å²) in [6, 6.07) is 26.3. The van der Waals surface area contributed by atoms with Crippen molar-refractivity contribution in [3.8, 4) is 11.5 Å². The molecule has 0 bridgehead atoms. The van der Waals surface area contributed by atoms with Crippen molar-refractivity contribution in [1.82, 2.24) is 9.97 Å². The van der Waals surface area contributed by atoms with Crippen molar-refractivity contribution in [2.75, 3.05) is 10.6 Å². The quantitative estimate of drug-likeness (QED) is 0.303. The van der Waals surface area contributed by atoms with Crippen LogP contribution in [-0.2, 0) is 0 Å². The van der Waals surface area contributed by atoms with Gasteiger partial charge in [0.2, 0.25) is 0 Å². The first-order valence-corrected chi connectivity index (χ1v) is 10.9. The number of nitrogens with one attached hydrogen (secondary N) is 2. The van der Waals surface area contributed by atoms with Gasteiger partial charge in [0.05, 0.1) is 5.52 Å². The predicted molar refractivity (Wildman–Crippen MR) is 135 cm³/mol. The maximum absolute atomic E-state index is 12.8. The molecule has 5 aromatic rings. The van der Waals surface area contributed by atoms with Crippen LogP contribution in [0.2, 0.25) is 0 Å². The number of hydrogen-bond donors (Lipinski definition) is 2. The molecule has 2 N–H and O–H groups in total. The van der Waals surface area contributed by atoms with Crippen molar-refractivity contribution in [1.29, 1.82) is 0 Å². The summed E-state index contributed by atoms with van der Waals surface area (Å²) in [7, 11) is 0. The van der Waals surface area contributed by atoms with Gasteiger partial charge in [-0.25, -0.2) is 0 Å². The first-order chi connectivity index (χ1) is 16.6. The van der Waals surface area contributed by atoms with Gasteiger partial charge in [0, 0.05) is 52.7 Å². The van der Waals surface area contributed by atoms with Gasteiger partial charge in [-0.2, -0.15) is 0 Å². The molecular formula is C28H22N4O2. The van der Waals surface area contributed by atoms with E-state index in [1.807, 2.05) is 36.4 Å². The van der Waals surface area contributed by atoms with E-state index in [4.69, 9.17) is 4.74 Å². The van der Waals surface area contributed by atoms with Crippen LogP contribution in [0.1, 0.15) is 15.9 Å². The molecule has 0 radical (unpaired) electrons. The highest BCUT2D eigenvalue weighted by molar-refractivity contribution is 6.04. The molecule has 6 heteroatoms. The minimum atomic E-state index is -0.197. The van der Waals surface area contributed by atoms with Gasteiger partial charge in [0.25, 0.3) is 5.91 Å². The molecule has 0 aliphatic heterocycles. The first kappa shape index (κ1) is 21.2. The Morgan fingerprint density at radius 1 is 0.794 bits per heavy atom. The molecule has 5 rings (SSSR count).